The molecule has 0 bridgehead atoms. The van der Waals surface area contributed by atoms with E-state index in [0.717, 1.165) is 62.8 Å². The van der Waals surface area contributed by atoms with Crippen molar-refractivity contribution in [2.75, 3.05) is 79.9 Å². The van der Waals surface area contributed by atoms with Crippen LogP contribution in [0.3, 0.4) is 0 Å². The van der Waals surface area contributed by atoms with Gasteiger partial charge in [-0.05, 0) is 72.9 Å². The number of amides is 3. The van der Waals surface area contributed by atoms with Gasteiger partial charge in [-0.2, -0.15) is 0 Å². The zero-order chi connectivity index (χ0) is 30.6. The first-order chi connectivity index (χ1) is 21.4. The van der Waals surface area contributed by atoms with Crippen molar-refractivity contribution in [2.45, 2.75) is 25.8 Å². The van der Waals surface area contributed by atoms with Gasteiger partial charge in [-0.1, -0.05) is 12.1 Å². The summed E-state index contributed by atoms with van der Waals surface area (Å²) in [6, 6.07) is 20.6. The van der Waals surface area contributed by atoms with Crippen LogP contribution in [0.25, 0.3) is 0 Å². The lowest BCUT2D eigenvalue weighted by Gasteiger charge is -2.40. The summed E-state index contributed by atoms with van der Waals surface area (Å²) in [7, 11) is 1.60. The Kier molecular flexibility index (Phi) is 8.79. The van der Waals surface area contributed by atoms with E-state index in [9.17, 15) is 14.7 Å². The van der Waals surface area contributed by atoms with Crippen LogP contribution >= 0.6 is 0 Å². The van der Waals surface area contributed by atoms with Crippen LogP contribution in [0.5, 0.6) is 11.5 Å². The second kappa shape index (κ2) is 13.1. The Morgan fingerprint density at radius 3 is 2.14 bits per heavy atom. The molecule has 0 aromatic heterocycles. The van der Waals surface area contributed by atoms with Gasteiger partial charge in [0.2, 0.25) is 5.91 Å². The van der Waals surface area contributed by atoms with E-state index in [1.807, 2.05) is 42.5 Å². The van der Waals surface area contributed by atoms with Gasteiger partial charge in [-0.3, -0.25) is 19.5 Å². The van der Waals surface area contributed by atoms with E-state index in [1.54, 1.807) is 19.2 Å². The van der Waals surface area contributed by atoms with Crippen LogP contribution in [0.4, 0.5) is 27.5 Å². The number of benzene rings is 3. The third-order valence-corrected chi connectivity index (χ3v) is 9.19. The van der Waals surface area contributed by atoms with E-state index in [-0.39, 0.29) is 31.2 Å². The highest BCUT2D eigenvalue weighted by Crippen LogP contribution is 2.35. The van der Waals surface area contributed by atoms with Crippen molar-refractivity contribution >= 4 is 34.7 Å². The van der Waals surface area contributed by atoms with Crippen molar-refractivity contribution in [2.24, 2.45) is 5.92 Å². The molecule has 44 heavy (non-hydrogen) atoms. The molecular formula is C34H42N6O4. The normalized spacial score (nSPS) is 18.7. The molecule has 0 saturated carbocycles. The Hall–Kier alpha value is -4.44. The molecule has 6 rings (SSSR count). The number of anilines is 4. The molecule has 3 N–H and O–H groups in total. The van der Waals surface area contributed by atoms with Gasteiger partial charge < -0.3 is 25.4 Å². The van der Waals surface area contributed by atoms with Gasteiger partial charge in [0.25, 0.3) is 0 Å². The molecule has 0 spiro atoms. The molecule has 3 fully saturated rings. The van der Waals surface area contributed by atoms with Crippen molar-refractivity contribution < 1.29 is 19.4 Å². The minimum Gasteiger partial charge on any atom is -0.506 e. The molecule has 3 aliphatic heterocycles. The lowest BCUT2D eigenvalue weighted by molar-refractivity contribution is -0.129. The summed E-state index contributed by atoms with van der Waals surface area (Å²) in [5, 5.41) is 11.0. The standard InChI is InChI=1S/C34H42N6O4/c1-44-30-9-2-25(3-10-30)24-40-33(42)14-17-39(34(40)43)31-11-8-29(22-32(31)41)38-20-18-36(19-21-38)23-26-12-15-37(16-13-26)28-6-4-27(35)5-7-28/h2-11,22,26,41H,12-21,23-24,35H2,1H3. The lowest BCUT2D eigenvalue weighted by Crippen LogP contribution is -2.52. The van der Waals surface area contributed by atoms with Gasteiger partial charge >= 0.3 is 6.03 Å². The van der Waals surface area contributed by atoms with Gasteiger partial charge in [0.1, 0.15) is 11.5 Å². The number of piperidine rings is 1. The Morgan fingerprint density at radius 2 is 1.48 bits per heavy atom. The Bertz CT molecular complexity index is 1450. The van der Waals surface area contributed by atoms with E-state index in [1.165, 1.54) is 28.3 Å². The van der Waals surface area contributed by atoms with Gasteiger partial charge in [0, 0.05) is 81.9 Å². The van der Waals surface area contributed by atoms with E-state index in [0.29, 0.717) is 17.4 Å². The van der Waals surface area contributed by atoms with Gasteiger partial charge in [-0.25, -0.2) is 4.79 Å². The summed E-state index contributed by atoms with van der Waals surface area (Å²) < 4.78 is 5.20. The number of piperazine rings is 1. The topological polar surface area (TPSA) is 106 Å². The zero-order valence-electron chi connectivity index (χ0n) is 25.4. The van der Waals surface area contributed by atoms with Crippen LogP contribution in [0.2, 0.25) is 0 Å². The number of phenols is 1. The number of hydrogen-bond donors (Lipinski definition) is 2. The fourth-order valence-corrected chi connectivity index (χ4v) is 6.53. The lowest BCUT2D eigenvalue weighted by atomic mass is 9.95. The molecule has 3 amide bonds. The van der Waals surface area contributed by atoms with E-state index in [4.69, 9.17) is 10.5 Å². The number of methoxy groups -OCH3 is 1. The summed E-state index contributed by atoms with van der Waals surface area (Å²) >= 11 is 0. The first-order valence-corrected chi connectivity index (χ1v) is 15.5. The van der Waals surface area contributed by atoms with E-state index >= 15 is 0 Å². The quantitative estimate of drug-likeness (QED) is 0.368. The van der Waals surface area contributed by atoms with Crippen LogP contribution in [-0.2, 0) is 11.3 Å². The predicted octanol–water partition coefficient (Wildman–Crippen LogP) is 4.38. The first kappa shape index (κ1) is 29.6. The maximum Gasteiger partial charge on any atom is 0.331 e. The molecule has 232 valence electrons. The summed E-state index contributed by atoms with van der Waals surface area (Å²) in [5.41, 5.74) is 10.1. The maximum absolute atomic E-state index is 13.4. The highest BCUT2D eigenvalue weighted by molar-refractivity contribution is 6.06. The first-order valence-electron chi connectivity index (χ1n) is 15.5. The predicted molar refractivity (Wildman–Crippen MR) is 173 cm³/mol. The van der Waals surface area contributed by atoms with Crippen molar-refractivity contribution in [3.8, 4) is 11.5 Å². The van der Waals surface area contributed by atoms with Gasteiger partial charge in [-0.15, -0.1) is 0 Å². The largest absolute Gasteiger partial charge is 0.506 e. The number of rotatable bonds is 8. The van der Waals surface area contributed by atoms with Crippen LogP contribution in [-0.4, -0.2) is 86.3 Å². The molecule has 3 aliphatic rings. The van der Waals surface area contributed by atoms with Crippen molar-refractivity contribution in [3.63, 3.8) is 0 Å². The molecule has 10 heteroatoms. The summed E-state index contributed by atoms with van der Waals surface area (Å²) in [4.78, 5) is 36.1. The van der Waals surface area contributed by atoms with Crippen molar-refractivity contribution in [1.82, 2.24) is 9.80 Å². The molecule has 3 saturated heterocycles. The SMILES string of the molecule is COc1ccc(CN2C(=O)CCN(c3ccc(N4CCN(CC5CCN(c6ccc(N)cc6)CC5)CC4)cc3O)C2=O)cc1. The fourth-order valence-electron chi connectivity index (χ4n) is 6.53. The van der Waals surface area contributed by atoms with Crippen molar-refractivity contribution in [3.05, 3.63) is 72.3 Å². The average molecular weight is 599 g/mol. The van der Waals surface area contributed by atoms with E-state index in [2.05, 4.69) is 26.8 Å². The molecule has 3 aromatic carbocycles. The third kappa shape index (κ3) is 6.55. The number of carbonyl (C=O) groups is 2. The Labute approximate surface area is 259 Å². The smallest absolute Gasteiger partial charge is 0.331 e. The number of carbonyl (C=O) groups excluding carboxylic acids is 2. The highest BCUT2D eigenvalue weighted by Gasteiger charge is 2.34. The monoisotopic (exact) mass is 598 g/mol. The number of urea groups is 1. The van der Waals surface area contributed by atoms with Crippen LogP contribution in [0.15, 0.2) is 66.7 Å². The summed E-state index contributed by atoms with van der Waals surface area (Å²) in [6.45, 7) is 7.41. The third-order valence-electron chi connectivity index (χ3n) is 9.19. The number of nitrogens with zero attached hydrogens (tertiary/aromatic N) is 5. The zero-order valence-corrected chi connectivity index (χ0v) is 25.4. The van der Waals surface area contributed by atoms with Gasteiger partial charge in [0.15, 0.2) is 0 Å². The molecule has 0 aliphatic carbocycles. The van der Waals surface area contributed by atoms with Crippen LogP contribution in [0, 0.1) is 5.92 Å². The number of imide groups is 1. The second-order valence-electron chi connectivity index (χ2n) is 12.0. The summed E-state index contributed by atoms with van der Waals surface area (Å²) in [5.74, 6) is 1.24. The Morgan fingerprint density at radius 1 is 0.818 bits per heavy atom. The van der Waals surface area contributed by atoms with Crippen molar-refractivity contribution in [1.29, 1.82) is 0 Å². The molecule has 0 atom stereocenters. The number of nitrogen functional groups attached to an aromatic ring is 1. The van der Waals surface area contributed by atoms with Crippen LogP contribution in [0.1, 0.15) is 24.8 Å². The number of nitrogens with two attached hydrogens (primary N) is 1. The number of aromatic hydroxyl groups is 1. The average Bonchev–Trinajstić information content (AvgIpc) is 3.05. The van der Waals surface area contributed by atoms with Gasteiger partial charge in [0.05, 0.1) is 19.3 Å². The minimum atomic E-state index is -0.423. The van der Waals surface area contributed by atoms with E-state index < -0.39 is 6.03 Å². The fraction of sp³-hybridized carbons (Fsp3) is 0.412. The molecular weight excluding hydrogens is 556 g/mol. The number of ether oxygens (including phenoxy) is 1. The maximum atomic E-state index is 13.4. The second-order valence-corrected chi connectivity index (χ2v) is 12.0. The highest BCUT2D eigenvalue weighted by atomic mass is 16.5. The molecule has 3 heterocycles. The molecule has 10 nitrogen and oxygen atoms in total. The van der Waals surface area contributed by atoms with Crippen LogP contribution < -0.4 is 25.2 Å². The molecule has 3 aromatic rings. The minimum absolute atomic E-state index is 0.0462. The summed E-state index contributed by atoms with van der Waals surface area (Å²) in [6.07, 6.45) is 2.59. The molecule has 0 radical (unpaired) electrons. The molecule has 0 unspecified atom stereocenters. The Balaban J connectivity index is 1.01. The number of phenolic OH excluding ortho intramolecular Hbond substituents is 1. The number of hydrogen-bond acceptors (Lipinski definition) is 8.